The highest BCUT2D eigenvalue weighted by Gasteiger charge is 2.09. The van der Waals surface area contributed by atoms with Gasteiger partial charge in [-0.15, -0.1) is 11.3 Å². The van der Waals surface area contributed by atoms with Crippen molar-refractivity contribution < 1.29 is 14.6 Å². The quantitative estimate of drug-likeness (QED) is 0.889. The van der Waals surface area contributed by atoms with Crippen molar-refractivity contribution in [2.75, 3.05) is 13.7 Å². The number of ether oxygens (including phenoxy) is 2. The van der Waals surface area contributed by atoms with Crippen LogP contribution in [0.1, 0.15) is 29.2 Å². The number of thiazole rings is 1. The second-order valence-corrected chi connectivity index (χ2v) is 5.48. The summed E-state index contributed by atoms with van der Waals surface area (Å²) in [5.74, 6) is 1.34. The third kappa shape index (κ3) is 3.49. The predicted molar refractivity (Wildman–Crippen MR) is 79.7 cm³/mol. The van der Waals surface area contributed by atoms with Gasteiger partial charge in [0.05, 0.1) is 31.0 Å². The fraction of sp³-hybridized carbons (Fsp3) is 0.400. The zero-order valence-corrected chi connectivity index (χ0v) is 12.7. The summed E-state index contributed by atoms with van der Waals surface area (Å²) in [5.41, 5.74) is 3.73. The molecule has 1 aromatic carbocycles. The van der Waals surface area contributed by atoms with Gasteiger partial charge < -0.3 is 14.6 Å². The first kappa shape index (κ1) is 14.8. The minimum absolute atomic E-state index is 0.516. The van der Waals surface area contributed by atoms with E-state index in [2.05, 4.69) is 4.98 Å². The Kier molecular flexibility index (Phi) is 4.98. The maximum atomic E-state index is 9.56. The lowest BCUT2D eigenvalue weighted by atomic mass is 10.1. The van der Waals surface area contributed by atoms with E-state index in [1.54, 1.807) is 31.4 Å². The first-order valence-corrected chi connectivity index (χ1v) is 7.37. The van der Waals surface area contributed by atoms with Crippen molar-refractivity contribution in [3.63, 3.8) is 0 Å². The molecule has 1 N–H and O–H groups in total. The van der Waals surface area contributed by atoms with Gasteiger partial charge in [0.2, 0.25) is 0 Å². The summed E-state index contributed by atoms with van der Waals surface area (Å²) in [4.78, 5) is 5.46. The van der Waals surface area contributed by atoms with Crippen molar-refractivity contribution >= 4 is 11.3 Å². The van der Waals surface area contributed by atoms with Crippen molar-refractivity contribution in [1.82, 2.24) is 4.98 Å². The van der Waals surface area contributed by atoms with Gasteiger partial charge in [-0.2, -0.15) is 0 Å². The Labute approximate surface area is 123 Å². The molecule has 0 bridgehead atoms. The highest BCUT2D eigenvalue weighted by Crippen LogP contribution is 2.30. The maximum Gasteiger partial charge on any atom is 0.161 e. The van der Waals surface area contributed by atoms with E-state index in [9.17, 15) is 5.11 Å². The molecule has 5 heteroatoms. The zero-order chi connectivity index (χ0) is 14.5. The van der Waals surface area contributed by atoms with Crippen LogP contribution in [0.2, 0.25) is 0 Å². The molecule has 1 atom stereocenters. The second kappa shape index (κ2) is 6.72. The van der Waals surface area contributed by atoms with Crippen LogP contribution in [0.4, 0.5) is 0 Å². The average Bonchev–Trinajstić information content (AvgIpc) is 2.84. The smallest absolute Gasteiger partial charge is 0.161 e. The lowest BCUT2D eigenvalue weighted by Gasteiger charge is -2.13. The molecule has 20 heavy (non-hydrogen) atoms. The Hall–Kier alpha value is -1.59. The maximum absolute atomic E-state index is 9.56. The monoisotopic (exact) mass is 293 g/mol. The van der Waals surface area contributed by atoms with Gasteiger partial charge in [0, 0.05) is 11.3 Å². The normalized spacial score (nSPS) is 12.2. The molecule has 0 unspecified atom stereocenters. The van der Waals surface area contributed by atoms with Gasteiger partial charge in [0.25, 0.3) is 0 Å². The number of nitrogens with zero attached hydrogens (tertiary/aromatic N) is 1. The average molecular weight is 293 g/mol. The molecular formula is C15H19NO3S. The van der Waals surface area contributed by atoms with Crippen LogP contribution in [-0.4, -0.2) is 23.8 Å². The van der Waals surface area contributed by atoms with Gasteiger partial charge >= 0.3 is 0 Å². The third-order valence-electron chi connectivity index (χ3n) is 3.10. The van der Waals surface area contributed by atoms with Crippen LogP contribution < -0.4 is 9.47 Å². The number of aliphatic hydroxyl groups excluding tert-OH is 1. The fourth-order valence-corrected chi connectivity index (χ4v) is 2.65. The van der Waals surface area contributed by atoms with E-state index in [4.69, 9.17) is 9.47 Å². The van der Waals surface area contributed by atoms with E-state index in [1.807, 2.05) is 24.6 Å². The number of aliphatic hydroxyl groups is 1. The molecule has 1 heterocycles. The highest BCUT2D eigenvalue weighted by atomic mass is 32.1. The molecule has 0 spiro atoms. The lowest BCUT2D eigenvalue weighted by Crippen LogP contribution is -2.03. The van der Waals surface area contributed by atoms with E-state index in [0.717, 1.165) is 17.7 Å². The molecule has 2 aromatic rings. The minimum atomic E-state index is -0.516. The Morgan fingerprint density at radius 1 is 1.35 bits per heavy atom. The van der Waals surface area contributed by atoms with Crippen LogP contribution >= 0.6 is 11.3 Å². The summed E-state index contributed by atoms with van der Waals surface area (Å²) in [7, 11) is 1.60. The van der Waals surface area contributed by atoms with Crippen molar-refractivity contribution in [3.8, 4) is 11.5 Å². The molecule has 0 saturated heterocycles. The van der Waals surface area contributed by atoms with Crippen molar-refractivity contribution in [2.24, 2.45) is 0 Å². The van der Waals surface area contributed by atoms with Crippen LogP contribution in [-0.2, 0) is 6.42 Å². The van der Waals surface area contributed by atoms with E-state index < -0.39 is 6.10 Å². The van der Waals surface area contributed by atoms with Gasteiger partial charge in [-0.25, -0.2) is 4.98 Å². The Bertz CT molecular complexity index is 566. The molecule has 108 valence electrons. The molecule has 0 amide bonds. The minimum Gasteiger partial charge on any atom is -0.493 e. The molecule has 4 nitrogen and oxygen atoms in total. The van der Waals surface area contributed by atoms with Crippen LogP contribution in [0.3, 0.4) is 0 Å². The number of rotatable bonds is 6. The molecule has 0 fully saturated rings. The topological polar surface area (TPSA) is 51.6 Å². The van der Waals surface area contributed by atoms with Crippen molar-refractivity contribution in [3.05, 3.63) is 39.8 Å². The van der Waals surface area contributed by atoms with Crippen LogP contribution in [0, 0.1) is 6.92 Å². The molecule has 1 aromatic heterocycles. The molecule has 0 aliphatic carbocycles. The fourth-order valence-electron chi connectivity index (χ4n) is 1.88. The molecule has 0 aliphatic heterocycles. The Morgan fingerprint density at radius 2 is 2.15 bits per heavy atom. The van der Waals surface area contributed by atoms with Gasteiger partial charge in [-0.3, -0.25) is 0 Å². The largest absolute Gasteiger partial charge is 0.493 e. The van der Waals surface area contributed by atoms with Crippen LogP contribution in [0.15, 0.2) is 23.7 Å². The molecule has 2 rings (SSSR count). The number of aromatic nitrogens is 1. The number of aryl methyl sites for hydroxylation is 1. The van der Waals surface area contributed by atoms with Gasteiger partial charge in [0.1, 0.15) is 0 Å². The molecule has 0 saturated carbocycles. The highest BCUT2D eigenvalue weighted by molar-refractivity contribution is 7.09. The molecule has 0 aliphatic rings. The van der Waals surface area contributed by atoms with Gasteiger partial charge in [-0.1, -0.05) is 6.07 Å². The van der Waals surface area contributed by atoms with E-state index in [-0.39, 0.29) is 0 Å². The summed E-state index contributed by atoms with van der Waals surface area (Å²) >= 11 is 1.65. The molecule has 0 radical (unpaired) electrons. The van der Waals surface area contributed by atoms with E-state index in [0.29, 0.717) is 18.1 Å². The Balaban J connectivity index is 2.00. The third-order valence-corrected chi connectivity index (χ3v) is 4.10. The van der Waals surface area contributed by atoms with Crippen molar-refractivity contribution in [2.45, 2.75) is 26.4 Å². The first-order valence-electron chi connectivity index (χ1n) is 6.49. The van der Waals surface area contributed by atoms with Crippen LogP contribution in [0.5, 0.6) is 11.5 Å². The molecular weight excluding hydrogens is 274 g/mol. The predicted octanol–water partition coefficient (Wildman–Crippen LogP) is 3.13. The van der Waals surface area contributed by atoms with Crippen LogP contribution in [0.25, 0.3) is 0 Å². The zero-order valence-electron chi connectivity index (χ0n) is 11.9. The van der Waals surface area contributed by atoms with E-state index in [1.165, 1.54) is 4.88 Å². The van der Waals surface area contributed by atoms with Gasteiger partial charge in [-0.05, 0) is 31.5 Å². The summed E-state index contributed by atoms with van der Waals surface area (Å²) in [6.07, 6.45) is 0.315. The van der Waals surface area contributed by atoms with Gasteiger partial charge in [0.15, 0.2) is 11.5 Å². The SMILES string of the molecule is COc1cc([C@H](C)O)ccc1OCCc1scnc1C. The number of hydrogen-bond acceptors (Lipinski definition) is 5. The first-order chi connectivity index (χ1) is 9.61. The number of benzene rings is 1. The Morgan fingerprint density at radius 3 is 2.75 bits per heavy atom. The van der Waals surface area contributed by atoms with E-state index >= 15 is 0 Å². The number of hydrogen-bond donors (Lipinski definition) is 1. The summed E-state index contributed by atoms with van der Waals surface area (Å²) in [6, 6.07) is 5.48. The standard InChI is InChI=1S/C15H19NO3S/c1-10-15(20-9-16-10)6-7-19-13-5-4-12(11(2)17)8-14(13)18-3/h4-5,8-9,11,17H,6-7H2,1-3H3/t11-/m0/s1. The van der Waals surface area contributed by atoms with Crippen molar-refractivity contribution in [1.29, 1.82) is 0 Å². The second-order valence-electron chi connectivity index (χ2n) is 4.55. The summed E-state index contributed by atoms with van der Waals surface area (Å²) in [5, 5.41) is 9.56. The number of methoxy groups -OCH3 is 1. The summed E-state index contributed by atoms with van der Waals surface area (Å²) < 4.78 is 11.1. The lowest BCUT2D eigenvalue weighted by molar-refractivity contribution is 0.198. The summed E-state index contributed by atoms with van der Waals surface area (Å²) in [6.45, 7) is 4.30.